The summed E-state index contributed by atoms with van der Waals surface area (Å²) < 4.78 is 5.83. The molecule has 0 aliphatic carbocycles. The summed E-state index contributed by atoms with van der Waals surface area (Å²) in [6.07, 6.45) is 3.45. The third kappa shape index (κ3) is 3.01. The number of rotatable bonds is 5. The molecule has 0 bridgehead atoms. The summed E-state index contributed by atoms with van der Waals surface area (Å²) in [5.74, 6) is 1.11. The average molecular weight is 233 g/mol. The Labute approximate surface area is 105 Å². The molecular weight excluding hydrogens is 210 g/mol. The Balaban J connectivity index is 2.11. The van der Waals surface area contributed by atoms with E-state index in [1.807, 2.05) is 0 Å². The van der Waals surface area contributed by atoms with E-state index in [1.165, 1.54) is 30.6 Å². The molecule has 1 aromatic carbocycles. The first-order valence-corrected chi connectivity index (χ1v) is 6.81. The molecular formula is C15H23NO. The molecule has 1 heterocycles. The number of benzene rings is 1. The fourth-order valence-electron chi connectivity index (χ4n) is 2.49. The molecule has 94 valence electrons. The van der Waals surface area contributed by atoms with Gasteiger partial charge in [0.2, 0.25) is 0 Å². The second-order valence-corrected chi connectivity index (χ2v) is 4.77. The first-order chi connectivity index (χ1) is 8.35. The van der Waals surface area contributed by atoms with Crippen LogP contribution in [0.5, 0.6) is 5.75 Å². The summed E-state index contributed by atoms with van der Waals surface area (Å²) >= 11 is 0. The van der Waals surface area contributed by atoms with E-state index in [9.17, 15) is 0 Å². The van der Waals surface area contributed by atoms with Crippen molar-refractivity contribution in [3.8, 4) is 5.75 Å². The third-order valence-corrected chi connectivity index (χ3v) is 3.30. The summed E-state index contributed by atoms with van der Waals surface area (Å²) in [4.78, 5) is 2.53. The molecule has 1 aromatic rings. The maximum Gasteiger partial charge on any atom is 0.122 e. The topological polar surface area (TPSA) is 12.5 Å². The molecule has 2 nitrogen and oxygen atoms in total. The van der Waals surface area contributed by atoms with Gasteiger partial charge in [-0.25, -0.2) is 0 Å². The van der Waals surface area contributed by atoms with Crippen molar-refractivity contribution in [2.75, 3.05) is 19.7 Å². The Hall–Kier alpha value is -1.02. The lowest BCUT2D eigenvalue weighted by atomic mass is 9.98. The van der Waals surface area contributed by atoms with E-state index in [4.69, 9.17) is 4.74 Å². The van der Waals surface area contributed by atoms with E-state index in [0.29, 0.717) is 0 Å². The molecule has 0 spiro atoms. The predicted molar refractivity (Wildman–Crippen MR) is 71.5 cm³/mol. The minimum absolute atomic E-state index is 0.828. The zero-order chi connectivity index (χ0) is 12.1. The van der Waals surface area contributed by atoms with E-state index < -0.39 is 0 Å². The van der Waals surface area contributed by atoms with Crippen molar-refractivity contribution in [1.29, 1.82) is 0 Å². The molecule has 2 rings (SSSR count). The zero-order valence-corrected chi connectivity index (χ0v) is 11.0. The number of ether oxygens (including phenoxy) is 1. The number of hydrogen-bond acceptors (Lipinski definition) is 2. The molecule has 0 saturated heterocycles. The van der Waals surface area contributed by atoms with Crippen molar-refractivity contribution >= 4 is 0 Å². The summed E-state index contributed by atoms with van der Waals surface area (Å²) in [5, 5.41) is 0. The van der Waals surface area contributed by atoms with E-state index in [-0.39, 0.29) is 0 Å². The van der Waals surface area contributed by atoms with Gasteiger partial charge in [0.25, 0.3) is 0 Å². The molecule has 0 amide bonds. The van der Waals surface area contributed by atoms with Crippen molar-refractivity contribution in [2.24, 2.45) is 0 Å². The van der Waals surface area contributed by atoms with Gasteiger partial charge in [-0.3, -0.25) is 4.90 Å². The molecule has 1 aliphatic rings. The Bertz CT molecular complexity index is 362. The van der Waals surface area contributed by atoms with Gasteiger partial charge in [-0.15, -0.1) is 0 Å². The van der Waals surface area contributed by atoms with Gasteiger partial charge < -0.3 is 4.74 Å². The maximum absolute atomic E-state index is 5.83. The minimum Gasteiger partial charge on any atom is -0.493 e. The molecule has 0 N–H and O–H groups in total. The Kier molecular flexibility index (Phi) is 4.43. The fourth-order valence-corrected chi connectivity index (χ4v) is 2.49. The SMILES string of the molecule is CCCOc1cccc2c1CCN(CCC)C2. The molecule has 2 heteroatoms. The third-order valence-electron chi connectivity index (χ3n) is 3.30. The van der Waals surface area contributed by atoms with Crippen LogP contribution in [0.15, 0.2) is 18.2 Å². The minimum atomic E-state index is 0.828. The van der Waals surface area contributed by atoms with Crippen LogP contribution in [0.3, 0.4) is 0 Å². The average Bonchev–Trinajstić information content (AvgIpc) is 2.36. The summed E-state index contributed by atoms with van der Waals surface area (Å²) in [6, 6.07) is 6.49. The molecule has 17 heavy (non-hydrogen) atoms. The molecule has 0 fully saturated rings. The quantitative estimate of drug-likeness (QED) is 0.774. The highest BCUT2D eigenvalue weighted by molar-refractivity contribution is 5.41. The van der Waals surface area contributed by atoms with Crippen LogP contribution in [-0.2, 0) is 13.0 Å². The number of hydrogen-bond donors (Lipinski definition) is 0. The van der Waals surface area contributed by atoms with Gasteiger partial charge in [0, 0.05) is 13.1 Å². The summed E-state index contributed by atoms with van der Waals surface area (Å²) in [6.45, 7) is 8.70. The van der Waals surface area contributed by atoms with Crippen LogP contribution in [0.4, 0.5) is 0 Å². The first-order valence-electron chi connectivity index (χ1n) is 6.81. The molecule has 0 radical (unpaired) electrons. The van der Waals surface area contributed by atoms with Crippen LogP contribution in [-0.4, -0.2) is 24.6 Å². The molecule has 0 atom stereocenters. The van der Waals surface area contributed by atoms with E-state index in [2.05, 4.69) is 36.9 Å². The van der Waals surface area contributed by atoms with Crippen molar-refractivity contribution < 1.29 is 4.74 Å². The van der Waals surface area contributed by atoms with Crippen molar-refractivity contribution in [1.82, 2.24) is 4.90 Å². The van der Waals surface area contributed by atoms with Crippen LogP contribution in [0.2, 0.25) is 0 Å². The van der Waals surface area contributed by atoms with Crippen LogP contribution in [0.25, 0.3) is 0 Å². The second kappa shape index (κ2) is 6.06. The molecule has 0 aromatic heterocycles. The Morgan fingerprint density at radius 1 is 1.24 bits per heavy atom. The first kappa shape index (κ1) is 12.4. The summed E-state index contributed by atoms with van der Waals surface area (Å²) in [5.41, 5.74) is 2.90. The van der Waals surface area contributed by atoms with Gasteiger partial charge in [-0.1, -0.05) is 26.0 Å². The van der Waals surface area contributed by atoms with E-state index in [1.54, 1.807) is 0 Å². The van der Waals surface area contributed by atoms with Gasteiger partial charge in [-0.05, 0) is 43.0 Å². The highest BCUT2D eigenvalue weighted by Gasteiger charge is 2.18. The molecule has 0 saturated carbocycles. The van der Waals surface area contributed by atoms with Gasteiger partial charge in [0.1, 0.15) is 5.75 Å². The summed E-state index contributed by atoms with van der Waals surface area (Å²) in [7, 11) is 0. The van der Waals surface area contributed by atoms with E-state index in [0.717, 1.165) is 31.7 Å². The highest BCUT2D eigenvalue weighted by atomic mass is 16.5. The lowest BCUT2D eigenvalue weighted by Gasteiger charge is -2.29. The van der Waals surface area contributed by atoms with Crippen LogP contribution in [0, 0.1) is 0 Å². The van der Waals surface area contributed by atoms with Crippen LogP contribution >= 0.6 is 0 Å². The smallest absolute Gasteiger partial charge is 0.122 e. The van der Waals surface area contributed by atoms with Crippen LogP contribution < -0.4 is 4.74 Å². The molecule has 0 unspecified atom stereocenters. The van der Waals surface area contributed by atoms with Gasteiger partial charge in [-0.2, -0.15) is 0 Å². The Morgan fingerprint density at radius 3 is 2.88 bits per heavy atom. The largest absolute Gasteiger partial charge is 0.493 e. The predicted octanol–water partition coefficient (Wildman–Crippen LogP) is 3.24. The zero-order valence-electron chi connectivity index (χ0n) is 11.0. The lowest BCUT2D eigenvalue weighted by Crippen LogP contribution is -2.31. The van der Waals surface area contributed by atoms with Gasteiger partial charge >= 0.3 is 0 Å². The van der Waals surface area contributed by atoms with Gasteiger partial charge in [0.05, 0.1) is 6.61 Å². The fraction of sp³-hybridized carbons (Fsp3) is 0.600. The second-order valence-electron chi connectivity index (χ2n) is 4.77. The number of fused-ring (bicyclic) bond motifs is 1. The Morgan fingerprint density at radius 2 is 2.12 bits per heavy atom. The van der Waals surface area contributed by atoms with Crippen molar-refractivity contribution in [3.63, 3.8) is 0 Å². The standard InChI is InChI=1S/C15H23NO/c1-3-9-16-10-8-14-13(12-16)6-5-7-15(14)17-11-4-2/h5-7H,3-4,8-12H2,1-2H3. The van der Waals surface area contributed by atoms with Crippen molar-refractivity contribution in [2.45, 2.75) is 39.7 Å². The maximum atomic E-state index is 5.83. The lowest BCUT2D eigenvalue weighted by molar-refractivity contribution is 0.248. The monoisotopic (exact) mass is 233 g/mol. The van der Waals surface area contributed by atoms with Crippen LogP contribution in [0.1, 0.15) is 37.8 Å². The van der Waals surface area contributed by atoms with E-state index >= 15 is 0 Å². The number of nitrogens with zero attached hydrogens (tertiary/aromatic N) is 1. The molecule has 1 aliphatic heterocycles. The highest BCUT2D eigenvalue weighted by Crippen LogP contribution is 2.28. The normalized spacial score (nSPS) is 15.6. The van der Waals surface area contributed by atoms with Gasteiger partial charge in [0.15, 0.2) is 0 Å². The van der Waals surface area contributed by atoms with Crippen molar-refractivity contribution in [3.05, 3.63) is 29.3 Å².